The number of carbonyl (C=O) groups excluding carboxylic acids is 3. The van der Waals surface area contributed by atoms with E-state index in [1.54, 1.807) is 30.3 Å². The number of hydrogen-bond donors (Lipinski definition) is 3. The summed E-state index contributed by atoms with van der Waals surface area (Å²) in [5.41, 5.74) is 6.09. The molecule has 0 spiro atoms. The fourth-order valence-corrected chi connectivity index (χ4v) is 3.14. The van der Waals surface area contributed by atoms with Crippen molar-refractivity contribution in [2.24, 2.45) is 5.73 Å². The maximum atomic E-state index is 13.8. The summed E-state index contributed by atoms with van der Waals surface area (Å²) in [6.07, 6.45) is 1.38. The van der Waals surface area contributed by atoms with Crippen LogP contribution in [0.25, 0.3) is 10.6 Å². The zero-order chi connectivity index (χ0) is 20.1. The van der Waals surface area contributed by atoms with Crippen molar-refractivity contribution in [1.29, 1.82) is 0 Å². The fraction of sp³-hybridized carbons (Fsp3) is 0.0526. The molecule has 0 saturated carbocycles. The number of hydrogen-bond acceptors (Lipinski definition) is 5. The molecule has 3 rings (SSSR count). The average Bonchev–Trinajstić information content (AvgIpc) is 3.17. The molecule has 1 heterocycles. The molecule has 0 saturated heterocycles. The maximum Gasteiger partial charge on any atom is 0.267 e. The summed E-state index contributed by atoms with van der Waals surface area (Å²) in [6, 6.07) is 12.3. The van der Waals surface area contributed by atoms with Crippen molar-refractivity contribution in [1.82, 2.24) is 10.3 Å². The molecule has 0 radical (unpaired) electrons. The Labute approximate surface area is 163 Å². The van der Waals surface area contributed by atoms with Crippen molar-refractivity contribution in [3.8, 4) is 10.6 Å². The molecule has 7 nitrogen and oxygen atoms in total. The van der Waals surface area contributed by atoms with E-state index in [9.17, 15) is 18.8 Å². The Morgan fingerprint density at radius 1 is 1.04 bits per heavy atom. The minimum atomic E-state index is -0.642. The number of nitrogens with zero attached hydrogens (tertiary/aromatic N) is 1. The number of halogens is 1. The quantitative estimate of drug-likeness (QED) is 0.592. The third kappa shape index (κ3) is 4.57. The summed E-state index contributed by atoms with van der Waals surface area (Å²) in [5, 5.41) is 5.46. The van der Waals surface area contributed by atoms with Gasteiger partial charge in [-0.2, -0.15) is 0 Å². The monoisotopic (exact) mass is 398 g/mol. The van der Waals surface area contributed by atoms with Crippen LogP contribution in [0.1, 0.15) is 20.0 Å². The van der Waals surface area contributed by atoms with Crippen molar-refractivity contribution in [3.63, 3.8) is 0 Å². The van der Waals surface area contributed by atoms with Gasteiger partial charge in [0.1, 0.15) is 15.7 Å². The Morgan fingerprint density at radius 3 is 2.43 bits per heavy atom. The third-order valence-electron chi connectivity index (χ3n) is 3.66. The van der Waals surface area contributed by atoms with Crippen LogP contribution >= 0.6 is 11.3 Å². The highest BCUT2D eigenvalue weighted by Gasteiger charge is 2.14. The Hall–Kier alpha value is -3.59. The molecule has 142 valence electrons. The third-order valence-corrected chi connectivity index (χ3v) is 4.69. The Balaban J connectivity index is 1.66. The van der Waals surface area contributed by atoms with Crippen molar-refractivity contribution < 1.29 is 18.8 Å². The second-order valence-electron chi connectivity index (χ2n) is 5.69. The van der Waals surface area contributed by atoms with Gasteiger partial charge in [-0.25, -0.2) is 9.37 Å². The minimum absolute atomic E-state index is 0.257. The predicted molar refractivity (Wildman–Crippen MR) is 103 cm³/mol. The number of anilines is 1. The van der Waals surface area contributed by atoms with Gasteiger partial charge in [0.25, 0.3) is 11.8 Å². The van der Waals surface area contributed by atoms with E-state index in [1.807, 2.05) is 0 Å². The normalized spacial score (nSPS) is 10.3. The lowest BCUT2D eigenvalue weighted by molar-refractivity contribution is -0.117. The highest BCUT2D eigenvalue weighted by atomic mass is 32.1. The van der Waals surface area contributed by atoms with E-state index in [1.165, 1.54) is 24.4 Å². The van der Waals surface area contributed by atoms with Crippen molar-refractivity contribution in [3.05, 3.63) is 71.0 Å². The van der Waals surface area contributed by atoms with Crippen LogP contribution in [0, 0.1) is 5.82 Å². The summed E-state index contributed by atoms with van der Waals surface area (Å²) in [6.45, 7) is -0.257. The molecule has 4 N–H and O–H groups in total. The summed E-state index contributed by atoms with van der Waals surface area (Å²) < 4.78 is 13.8. The maximum absolute atomic E-state index is 13.8. The standard InChI is InChI=1S/C19H15FN4O3S/c20-14-4-2-1-3-13(14)19-23-9-15(28-19)18(27)24-12-7-5-11(6-8-12)17(26)22-10-16(21)25/h1-9H,10H2,(H2,21,25)(H,22,26)(H,24,27). The first kappa shape index (κ1) is 19.2. The van der Waals surface area contributed by atoms with E-state index in [0.29, 0.717) is 26.7 Å². The molecule has 3 aromatic rings. The summed E-state index contributed by atoms with van der Waals surface area (Å²) in [7, 11) is 0. The van der Waals surface area contributed by atoms with Gasteiger partial charge >= 0.3 is 0 Å². The highest BCUT2D eigenvalue weighted by Crippen LogP contribution is 2.27. The van der Waals surface area contributed by atoms with E-state index >= 15 is 0 Å². The molecular weight excluding hydrogens is 383 g/mol. The van der Waals surface area contributed by atoms with Crippen LogP contribution in [0.15, 0.2) is 54.7 Å². The summed E-state index contributed by atoms with van der Waals surface area (Å²) in [4.78, 5) is 39.3. The minimum Gasteiger partial charge on any atom is -0.368 e. The second-order valence-corrected chi connectivity index (χ2v) is 6.72. The number of thiazole rings is 1. The van der Waals surface area contributed by atoms with Crippen molar-refractivity contribution >= 4 is 34.7 Å². The summed E-state index contributed by atoms with van der Waals surface area (Å²) in [5.74, 6) is -1.90. The van der Waals surface area contributed by atoms with Gasteiger partial charge in [0.2, 0.25) is 5.91 Å². The average molecular weight is 398 g/mol. The number of carbonyl (C=O) groups is 3. The van der Waals surface area contributed by atoms with Crippen LogP contribution in [0.4, 0.5) is 10.1 Å². The molecule has 28 heavy (non-hydrogen) atoms. The van der Waals surface area contributed by atoms with Crippen molar-refractivity contribution in [2.75, 3.05) is 11.9 Å². The van der Waals surface area contributed by atoms with Gasteiger partial charge in [-0.3, -0.25) is 14.4 Å². The lowest BCUT2D eigenvalue weighted by atomic mass is 10.2. The molecule has 0 fully saturated rings. The fourth-order valence-electron chi connectivity index (χ4n) is 2.31. The van der Waals surface area contributed by atoms with Crippen LogP contribution in [-0.2, 0) is 4.79 Å². The van der Waals surface area contributed by atoms with Gasteiger partial charge in [0.05, 0.1) is 12.7 Å². The number of rotatable bonds is 6. The molecule has 0 aliphatic rings. The van der Waals surface area contributed by atoms with Crippen molar-refractivity contribution in [2.45, 2.75) is 0 Å². The Bertz CT molecular complexity index is 1030. The number of aromatic nitrogens is 1. The van der Waals surface area contributed by atoms with Crippen LogP contribution in [0.5, 0.6) is 0 Å². The first-order chi connectivity index (χ1) is 13.4. The number of amides is 3. The van der Waals surface area contributed by atoms with E-state index in [-0.39, 0.29) is 6.54 Å². The largest absolute Gasteiger partial charge is 0.368 e. The first-order valence-corrected chi connectivity index (χ1v) is 8.94. The van der Waals surface area contributed by atoms with Crippen LogP contribution in [-0.4, -0.2) is 29.3 Å². The molecule has 9 heteroatoms. The van der Waals surface area contributed by atoms with Gasteiger partial charge in [-0.1, -0.05) is 12.1 Å². The molecule has 0 aliphatic heterocycles. The van der Waals surface area contributed by atoms with E-state index in [0.717, 1.165) is 11.3 Å². The first-order valence-electron chi connectivity index (χ1n) is 8.12. The lowest BCUT2D eigenvalue weighted by Crippen LogP contribution is -2.33. The zero-order valence-corrected chi connectivity index (χ0v) is 15.3. The Morgan fingerprint density at radius 2 is 1.75 bits per heavy atom. The predicted octanol–water partition coefficient (Wildman–Crippen LogP) is 2.42. The Kier molecular flexibility index (Phi) is 5.75. The number of benzene rings is 2. The van der Waals surface area contributed by atoms with E-state index < -0.39 is 23.5 Å². The van der Waals surface area contributed by atoms with Crippen LogP contribution in [0.2, 0.25) is 0 Å². The SMILES string of the molecule is NC(=O)CNC(=O)c1ccc(NC(=O)c2cnc(-c3ccccc3F)s2)cc1. The van der Waals surface area contributed by atoms with Gasteiger partial charge in [-0.05, 0) is 36.4 Å². The molecule has 0 atom stereocenters. The van der Waals surface area contributed by atoms with Crippen LogP contribution in [0.3, 0.4) is 0 Å². The van der Waals surface area contributed by atoms with E-state index in [4.69, 9.17) is 5.73 Å². The topological polar surface area (TPSA) is 114 Å². The molecule has 1 aromatic heterocycles. The molecule has 3 amide bonds. The van der Waals surface area contributed by atoms with Gasteiger partial charge in [0.15, 0.2) is 0 Å². The second kappa shape index (κ2) is 8.40. The molecule has 0 aliphatic carbocycles. The van der Waals surface area contributed by atoms with E-state index in [2.05, 4.69) is 15.6 Å². The molecule has 0 unspecified atom stereocenters. The lowest BCUT2D eigenvalue weighted by Gasteiger charge is -2.06. The van der Waals surface area contributed by atoms with Crippen LogP contribution < -0.4 is 16.4 Å². The smallest absolute Gasteiger partial charge is 0.267 e. The number of nitrogens with two attached hydrogens (primary N) is 1. The summed E-state index contributed by atoms with van der Waals surface area (Å²) >= 11 is 1.07. The van der Waals surface area contributed by atoms with Gasteiger partial charge < -0.3 is 16.4 Å². The zero-order valence-electron chi connectivity index (χ0n) is 14.4. The van der Waals surface area contributed by atoms with Gasteiger partial charge in [0, 0.05) is 16.8 Å². The molecule has 0 bridgehead atoms. The number of primary amides is 1. The molecular formula is C19H15FN4O3S. The highest BCUT2D eigenvalue weighted by molar-refractivity contribution is 7.17. The molecule has 2 aromatic carbocycles. The number of nitrogens with one attached hydrogen (secondary N) is 2. The van der Waals surface area contributed by atoms with Gasteiger partial charge in [-0.15, -0.1) is 11.3 Å².